The molecular formula is C11H9F2N3O2S. The summed E-state index contributed by atoms with van der Waals surface area (Å²) < 4.78 is 52.2. The number of rotatable bonds is 3. The van der Waals surface area contributed by atoms with Gasteiger partial charge in [0.2, 0.25) is 0 Å². The highest BCUT2D eigenvalue weighted by molar-refractivity contribution is 7.92. The lowest BCUT2D eigenvalue weighted by atomic mass is 10.3. The summed E-state index contributed by atoms with van der Waals surface area (Å²) in [5.41, 5.74) is 4.88. The van der Waals surface area contributed by atoms with Crippen LogP contribution in [-0.4, -0.2) is 13.4 Å². The van der Waals surface area contributed by atoms with Crippen LogP contribution in [0.5, 0.6) is 0 Å². The largest absolute Gasteiger partial charge is 0.396 e. The number of nitrogen functional groups attached to an aromatic ring is 1. The number of aromatic nitrogens is 1. The van der Waals surface area contributed by atoms with Crippen molar-refractivity contribution in [1.29, 1.82) is 0 Å². The SMILES string of the molecule is Nc1cccnc1S(=O)(=O)Nc1cccc(F)c1F. The molecule has 1 aromatic carbocycles. The fourth-order valence-electron chi connectivity index (χ4n) is 1.40. The highest BCUT2D eigenvalue weighted by Gasteiger charge is 2.21. The maximum atomic E-state index is 13.4. The highest BCUT2D eigenvalue weighted by Crippen LogP contribution is 2.22. The van der Waals surface area contributed by atoms with Gasteiger partial charge in [0.05, 0.1) is 11.4 Å². The van der Waals surface area contributed by atoms with Gasteiger partial charge in [-0.15, -0.1) is 0 Å². The quantitative estimate of drug-likeness (QED) is 0.899. The minimum Gasteiger partial charge on any atom is -0.396 e. The minimum atomic E-state index is -4.18. The maximum absolute atomic E-state index is 13.4. The van der Waals surface area contributed by atoms with Gasteiger partial charge in [0.15, 0.2) is 16.7 Å². The van der Waals surface area contributed by atoms with E-state index in [9.17, 15) is 17.2 Å². The molecule has 0 atom stereocenters. The predicted molar refractivity (Wildman–Crippen MR) is 65.8 cm³/mol. The molecule has 2 rings (SSSR count). The van der Waals surface area contributed by atoms with Gasteiger partial charge in [-0.05, 0) is 24.3 Å². The van der Waals surface area contributed by atoms with Crippen LogP contribution in [0.3, 0.4) is 0 Å². The Morgan fingerprint density at radius 2 is 1.89 bits per heavy atom. The first-order chi connectivity index (χ1) is 8.92. The monoisotopic (exact) mass is 285 g/mol. The zero-order valence-electron chi connectivity index (χ0n) is 9.47. The van der Waals surface area contributed by atoms with Crippen LogP contribution in [0, 0.1) is 11.6 Å². The second-order valence-corrected chi connectivity index (χ2v) is 5.20. The van der Waals surface area contributed by atoms with Crippen molar-refractivity contribution in [1.82, 2.24) is 4.98 Å². The van der Waals surface area contributed by atoms with Gasteiger partial charge < -0.3 is 5.73 Å². The number of anilines is 2. The number of hydrogen-bond acceptors (Lipinski definition) is 4. The predicted octanol–water partition coefficient (Wildman–Crippen LogP) is 1.74. The third-order valence-electron chi connectivity index (χ3n) is 2.25. The van der Waals surface area contributed by atoms with Crippen molar-refractivity contribution in [3.05, 3.63) is 48.2 Å². The average molecular weight is 285 g/mol. The smallest absolute Gasteiger partial charge is 0.281 e. The number of hydrogen-bond donors (Lipinski definition) is 2. The van der Waals surface area contributed by atoms with E-state index in [1.54, 1.807) is 0 Å². The molecule has 0 fully saturated rings. The molecule has 0 saturated carbocycles. The van der Waals surface area contributed by atoms with Crippen LogP contribution in [0.1, 0.15) is 0 Å². The molecule has 0 aliphatic heterocycles. The first-order valence-corrected chi connectivity index (χ1v) is 6.57. The average Bonchev–Trinajstić information content (AvgIpc) is 2.35. The molecule has 2 aromatic rings. The molecule has 8 heteroatoms. The first-order valence-electron chi connectivity index (χ1n) is 5.09. The number of nitrogens with one attached hydrogen (secondary N) is 1. The van der Waals surface area contributed by atoms with E-state index in [0.717, 1.165) is 12.1 Å². The first kappa shape index (κ1) is 13.2. The summed E-state index contributed by atoms with van der Waals surface area (Å²) in [6.07, 6.45) is 1.23. The van der Waals surface area contributed by atoms with Gasteiger partial charge in [-0.3, -0.25) is 4.72 Å². The zero-order chi connectivity index (χ0) is 14.0. The molecule has 1 aromatic heterocycles. The Labute approximate surface area is 108 Å². The molecule has 3 N–H and O–H groups in total. The van der Waals surface area contributed by atoms with E-state index in [0.29, 0.717) is 0 Å². The Bertz CT molecular complexity index is 720. The molecule has 0 saturated heterocycles. The van der Waals surface area contributed by atoms with Gasteiger partial charge in [-0.1, -0.05) is 6.07 Å². The van der Waals surface area contributed by atoms with Crippen molar-refractivity contribution in [2.24, 2.45) is 0 Å². The molecule has 0 unspecified atom stereocenters. The van der Waals surface area contributed by atoms with Crippen LogP contribution in [-0.2, 0) is 10.0 Å². The van der Waals surface area contributed by atoms with Gasteiger partial charge in [0.1, 0.15) is 0 Å². The standard InChI is InChI=1S/C11H9F2N3O2S/c12-7-3-1-5-9(10(7)13)16-19(17,18)11-8(14)4-2-6-15-11/h1-6,16H,14H2. The van der Waals surface area contributed by atoms with Crippen molar-refractivity contribution in [3.63, 3.8) is 0 Å². The van der Waals surface area contributed by atoms with E-state index >= 15 is 0 Å². The summed E-state index contributed by atoms with van der Waals surface area (Å²) in [5.74, 6) is -2.45. The molecule has 1 heterocycles. The van der Waals surface area contributed by atoms with E-state index in [-0.39, 0.29) is 5.69 Å². The molecular weight excluding hydrogens is 276 g/mol. The van der Waals surface area contributed by atoms with Crippen LogP contribution in [0.15, 0.2) is 41.6 Å². The van der Waals surface area contributed by atoms with Crippen molar-refractivity contribution in [3.8, 4) is 0 Å². The van der Waals surface area contributed by atoms with Gasteiger partial charge >= 0.3 is 0 Å². The van der Waals surface area contributed by atoms with Crippen LogP contribution in [0.4, 0.5) is 20.2 Å². The maximum Gasteiger partial charge on any atom is 0.281 e. The molecule has 0 bridgehead atoms. The second-order valence-electron chi connectivity index (χ2n) is 3.60. The molecule has 0 amide bonds. The van der Waals surface area contributed by atoms with Crippen LogP contribution in [0.25, 0.3) is 0 Å². The number of nitrogens with zero attached hydrogens (tertiary/aromatic N) is 1. The van der Waals surface area contributed by atoms with Crippen LogP contribution < -0.4 is 10.5 Å². The number of sulfonamides is 1. The Morgan fingerprint density at radius 1 is 1.16 bits per heavy atom. The molecule has 0 spiro atoms. The summed E-state index contributed by atoms with van der Waals surface area (Å²) in [5, 5.41) is -0.446. The lowest BCUT2D eigenvalue weighted by Crippen LogP contribution is -2.17. The van der Waals surface area contributed by atoms with Crippen molar-refractivity contribution in [2.45, 2.75) is 5.03 Å². The van der Waals surface area contributed by atoms with Gasteiger partial charge in [-0.2, -0.15) is 8.42 Å². The molecule has 100 valence electrons. The highest BCUT2D eigenvalue weighted by atomic mass is 32.2. The molecule has 0 radical (unpaired) electrons. The van der Waals surface area contributed by atoms with Crippen LogP contribution in [0.2, 0.25) is 0 Å². The Hall–Kier alpha value is -2.22. The van der Waals surface area contributed by atoms with Crippen molar-refractivity contribution in [2.75, 3.05) is 10.5 Å². The topological polar surface area (TPSA) is 85.1 Å². The van der Waals surface area contributed by atoms with E-state index in [2.05, 4.69) is 4.98 Å². The summed E-state index contributed by atoms with van der Waals surface area (Å²) >= 11 is 0. The lowest BCUT2D eigenvalue weighted by Gasteiger charge is -2.09. The van der Waals surface area contributed by atoms with Crippen molar-refractivity contribution < 1.29 is 17.2 Å². The summed E-state index contributed by atoms with van der Waals surface area (Å²) in [7, 11) is -4.18. The summed E-state index contributed by atoms with van der Waals surface area (Å²) in [4.78, 5) is 3.61. The molecule has 0 aliphatic carbocycles. The number of benzene rings is 1. The van der Waals surface area contributed by atoms with E-state index in [4.69, 9.17) is 5.73 Å². The Kier molecular flexibility index (Phi) is 3.34. The molecule has 19 heavy (non-hydrogen) atoms. The minimum absolute atomic E-state index is 0.0909. The van der Waals surface area contributed by atoms with E-state index < -0.39 is 32.4 Å². The normalized spacial score (nSPS) is 11.3. The Morgan fingerprint density at radius 3 is 2.58 bits per heavy atom. The molecule has 5 nitrogen and oxygen atoms in total. The summed E-state index contributed by atoms with van der Waals surface area (Å²) in [6, 6.07) is 5.94. The van der Waals surface area contributed by atoms with Gasteiger partial charge in [-0.25, -0.2) is 13.8 Å². The Balaban J connectivity index is 2.43. The van der Waals surface area contributed by atoms with E-state index in [1.807, 2.05) is 4.72 Å². The van der Waals surface area contributed by atoms with E-state index in [1.165, 1.54) is 24.4 Å². The number of halogens is 2. The molecule has 0 aliphatic rings. The fraction of sp³-hybridized carbons (Fsp3) is 0. The third-order valence-corrected chi connectivity index (χ3v) is 3.59. The van der Waals surface area contributed by atoms with Gasteiger partial charge in [0.25, 0.3) is 10.0 Å². The number of pyridine rings is 1. The van der Waals surface area contributed by atoms with Crippen LogP contribution >= 0.6 is 0 Å². The lowest BCUT2D eigenvalue weighted by molar-refractivity contribution is 0.511. The second kappa shape index (κ2) is 4.81. The van der Waals surface area contributed by atoms with Gasteiger partial charge in [0, 0.05) is 6.20 Å². The third kappa shape index (κ3) is 2.63. The summed E-state index contributed by atoms with van der Waals surface area (Å²) in [6.45, 7) is 0. The fourth-order valence-corrected chi connectivity index (χ4v) is 2.53. The zero-order valence-corrected chi connectivity index (χ0v) is 10.3. The number of nitrogens with two attached hydrogens (primary N) is 1. The van der Waals surface area contributed by atoms with Crippen molar-refractivity contribution >= 4 is 21.4 Å².